The van der Waals surface area contributed by atoms with Gasteiger partial charge in [0.2, 0.25) is 0 Å². The lowest BCUT2D eigenvalue weighted by atomic mass is 9.83. The molecule has 0 heteroatoms. The van der Waals surface area contributed by atoms with Crippen LogP contribution in [0.1, 0.15) is 329 Å². The third-order valence-corrected chi connectivity index (χ3v) is 13.5. The van der Waals surface area contributed by atoms with Crippen LogP contribution in [0.15, 0.2) is 11.1 Å². The van der Waals surface area contributed by atoms with Gasteiger partial charge in [-0.15, -0.1) is 0 Å². The van der Waals surface area contributed by atoms with E-state index in [-0.39, 0.29) is 0 Å². The predicted octanol–water partition coefficient (Wildman–Crippen LogP) is 20.7. The second-order valence-corrected chi connectivity index (χ2v) is 18.9. The van der Waals surface area contributed by atoms with Gasteiger partial charge in [0.05, 0.1) is 0 Å². The fourth-order valence-corrected chi connectivity index (χ4v) is 9.70. The van der Waals surface area contributed by atoms with Gasteiger partial charge in [-0.1, -0.05) is 295 Å². The van der Waals surface area contributed by atoms with E-state index in [1.807, 2.05) is 11.1 Å². The molecule has 1 atom stereocenters. The van der Waals surface area contributed by atoms with Crippen LogP contribution in [0, 0.1) is 5.92 Å². The summed E-state index contributed by atoms with van der Waals surface area (Å²) in [4.78, 5) is 0. The van der Waals surface area contributed by atoms with Crippen molar-refractivity contribution in [2.24, 2.45) is 5.92 Å². The lowest BCUT2D eigenvalue weighted by Gasteiger charge is -2.23. The van der Waals surface area contributed by atoms with Crippen LogP contribution >= 0.6 is 0 Å². The van der Waals surface area contributed by atoms with E-state index in [1.165, 1.54) is 308 Å². The highest BCUT2D eigenvalue weighted by molar-refractivity contribution is 5.17. The van der Waals surface area contributed by atoms with Crippen LogP contribution < -0.4 is 0 Å². The normalized spacial score (nSPS) is 15.4. The molecule has 0 aromatic rings. The molecule has 1 aliphatic carbocycles. The molecule has 0 fully saturated rings. The lowest BCUT2D eigenvalue weighted by molar-refractivity contribution is 0.485. The van der Waals surface area contributed by atoms with Crippen molar-refractivity contribution in [1.29, 1.82) is 0 Å². The molecule has 0 aromatic heterocycles. The average molecular weight is 755 g/mol. The van der Waals surface area contributed by atoms with E-state index < -0.39 is 0 Å². The molecule has 1 aliphatic rings. The first-order valence-corrected chi connectivity index (χ1v) is 26.5. The van der Waals surface area contributed by atoms with E-state index in [1.54, 1.807) is 0 Å². The minimum Gasteiger partial charge on any atom is -0.0707 e. The maximum atomic E-state index is 2.63. The van der Waals surface area contributed by atoms with Crippen LogP contribution in [0.25, 0.3) is 0 Å². The van der Waals surface area contributed by atoms with Crippen molar-refractivity contribution < 1.29 is 0 Å². The van der Waals surface area contributed by atoms with Crippen LogP contribution in [0.2, 0.25) is 0 Å². The smallest absolute Gasteiger partial charge is 0.0229 e. The summed E-state index contributed by atoms with van der Waals surface area (Å²) in [5.41, 5.74) is 3.90. The zero-order chi connectivity index (χ0) is 38.7. The first-order valence-electron chi connectivity index (χ1n) is 26.5. The van der Waals surface area contributed by atoms with Crippen molar-refractivity contribution >= 4 is 0 Å². The number of rotatable bonds is 39. The highest BCUT2D eigenvalue weighted by Crippen LogP contribution is 2.33. The van der Waals surface area contributed by atoms with Crippen molar-refractivity contribution in [3.63, 3.8) is 0 Å². The van der Waals surface area contributed by atoms with Gasteiger partial charge in [0.1, 0.15) is 0 Å². The SMILES string of the molecule is CCCCCCCCCCCCCCCCCCCCC1=C(C(C)CCCCCCCCCCCCCCCCCCCC)CCCCCCCCCC1. The highest BCUT2D eigenvalue weighted by atomic mass is 14.2. The Morgan fingerprint density at radius 3 is 0.889 bits per heavy atom. The Morgan fingerprint density at radius 2 is 0.556 bits per heavy atom. The van der Waals surface area contributed by atoms with Crippen molar-refractivity contribution in [3.8, 4) is 0 Å². The molecule has 0 saturated heterocycles. The highest BCUT2D eigenvalue weighted by Gasteiger charge is 2.15. The molecule has 0 saturated carbocycles. The largest absolute Gasteiger partial charge is 0.0707 e. The number of hydrogen-bond acceptors (Lipinski definition) is 0. The van der Waals surface area contributed by atoms with E-state index in [9.17, 15) is 0 Å². The molecule has 0 amide bonds. The fraction of sp³-hybridized carbons (Fsp3) is 0.963. The second kappa shape index (κ2) is 43.9. The monoisotopic (exact) mass is 755 g/mol. The van der Waals surface area contributed by atoms with Crippen LogP contribution in [0.4, 0.5) is 0 Å². The summed E-state index contributed by atoms with van der Waals surface area (Å²) in [6, 6.07) is 0. The summed E-state index contributed by atoms with van der Waals surface area (Å²) in [5, 5.41) is 0. The van der Waals surface area contributed by atoms with Gasteiger partial charge in [-0.05, 0) is 50.9 Å². The minimum absolute atomic E-state index is 0.833. The predicted molar refractivity (Wildman–Crippen MR) is 249 cm³/mol. The fourth-order valence-electron chi connectivity index (χ4n) is 9.70. The first-order chi connectivity index (χ1) is 26.8. The van der Waals surface area contributed by atoms with Crippen LogP contribution in [-0.4, -0.2) is 0 Å². The summed E-state index contributed by atoms with van der Waals surface area (Å²) in [6.07, 6.45) is 70.7. The maximum Gasteiger partial charge on any atom is -0.0229 e. The molecular weight excluding hydrogens is 649 g/mol. The Bertz CT molecular complexity index is 730. The summed E-state index contributed by atoms with van der Waals surface area (Å²) in [6.45, 7) is 7.27. The van der Waals surface area contributed by atoms with Crippen molar-refractivity contribution in [3.05, 3.63) is 11.1 Å². The van der Waals surface area contributed by atoms with Gasteiger partial charge < -0.3 is 0 Å². The Labute approximate surface area is 344 Å². The molecule has 1 unspecified atom stereocenters. The van der Waals surface area contributed by atoms with E-state index in [4.69, 9.17) is 0 Å². The molecule has 0 spiro atoms. The molecular formula is C54H106. The Balaban J connectivity index is 2.19. The van der Waals surface area contributed by atoms with Crippen molar-refractivity contribution in [1.82, 2.24) is 0 Å². The zero-order valence-corrected chi connectivity index (χ0v) is 38.5. The molecule has 322 valence electrons. The molecule has 0 heterocycles. The number of unbranched alkanes of at least 4 members (excludes halogenated alkanes) is 34. The Morgan fingerprint density at radius 1 is 0.296 bits per heavy atom. The van der Waals surface area contributed by atoms with E-state index in [2.05, 4.69) is 20.8 Å². The van der Waals surface area contributed by atoms with Gasteiger partial charge >= 0.3 is 0 Å². The minimum atomic E-state index is 0.833. The standard InChI is InChI=1S/C54H106/c1-4-6-8-10-12-14-16-18-20-22-24-26-28-30-32-36-40-44-48-52(3)54-51-47-43-39-35-34-38-42-46-50-53(54)49-45-41-37-33-31-29-27-25-23-21-19-17-15-13-11-9-7-5-2/h52H,4-51H2,1-3H3. The van der Waals surface area contributed by atoms with E-state index in [0.717, 1.165) is 5.92 Å². The Hall–Kier alpha value is -0.260. The van der Waals surface area contributed by atoms with Gasteiger partial charge in [0.15, 0.2) is 0 Å². The number of allylic oxidation sites excluding steroid dienone is 2. The average Bonchev–Trinajstić information content (AvgIpc) is 3.17. The topological polar surface area (TPSA) is 0 Å². The molecule has 1 rings (SSSR count). The molecule has 0 bridgehead atoms. The Kier molecular flexibility index (Phi) is 42.0. The summed E-state index contributed by atoms with van der Waals surface area (Å²) < 4.78 is 0. The van der Waals surface area contributed by atoms with Crippen LogP contribution in [-0.2, 0) is 0 Å². The van der Waals surface area contributed by atoms with Gasteiger partial charge in [-0.25, -0.2) is 0 Å². The molecule has 0 aromatic carbocycles. The van der Waals surface area contributed by atoms with Crippen LogP contribution in [0.5, 0.6) is 0 Å². The maximum absolute atomic E-state index is 2.63. The second-order valence-electron chi connectivity index (χ2n) is 18.9. The van der Waals surface area contributed by atoms with Crippen molar-refractivity contribution in [2.75, 3.05) is 0 Å². The number of hydrogen-bond donors (Lipinski definition) is 0. The van der Waals surface area contributed by atoms with Gasteiger partial charge in [0, 0.05) is 0 Å². The third-order valence-electron chi connectivity index (χ3n) is 13.5. The summed E-state index contributed by atoms with van der Waals surface area (Å²) in [7, 11) is 0. The zero-order valence-electron chi connectivity index (χ0n) is 38.5. The van der Waals surface area contributed by atoms with E-state index >= 15 is 0 Å². The molecule has 0 radical (unpaired) electrons. The summed E-state index contributed by atoms with van der Waals surface area (Å²) >= 11 is 0. The molecule has 54 heavy (non-hydrogen) atoms. The molecule has 0 N–H and O–H groups in total. The van der Waals surface area contributed by atoms with Gasteiger partial charge in [-0.2, -0.15) is 0 Å². The van der Waals surface area contributed by atoms with Gasteiger partial charge in [0.25, 0.3) is 0 Å². The van der Waals surface area contributed by atoms with Gasteiger partial charge in [-0.3, -0.25) is 0 Å². The summed E-state index contributed by atoms with van der Waals surface area (Å²) in [5.74, 6) is 0.833. The van der Waals surface area contributed by atoms with Crippen LogP contribution in [0.3, 0.4) is 0 Å². The van der Waals surface area contributed by atoms with Crippen molar-refractivity contribution in [2.45, 2.75) is 329 Å². The lowest BCUT2D eigenvalue weighted by Crippen LogP contribution is -2.06. The third kappa shape index (κ3) is 36.1. The molecule has 0 nitrogen and oxygen atoms in total. The quantitative estimate of drug-likeness (QED) is 0.0433. The first kappa shape index (κ1) is 51.8. The molecule has 0 aliphatic heterocycles. The van der Waals surface area contributed by atoms with E-state index in [0.29, 0.717) is 0 Å².